The first-order valence-electron chi connectivity index (χ1n) is 12.1. The third-order valence-corrected chi connectivity index (χ3v) is 6.51. The maximum absolute atomic E-state index is 14.0. The van der Waals surface area contributed by atoms with Crippen LogP contribution in [0.15, 0.2) is 42.6 Å². The minimum absolute atomic E-state index is 0.000251. The number of rotatable bonds is 6. The number of likely N-dealkylation sites (tertiary alicyclic amines) is 1. The number of amides is 2. The number of aryl methyl sites for hydroxylation is 3. The summed E-state index contributed by atoms with van der Waals surface area (Å²) in [5.41, 5.74) is 4.63. The van der Waals surface area contributed by atoms with Crippen molar-refractivity contribution in [2.45, 2.75) is 52.5 Å². The number of hydrogen-bond donors (Lipinski definition) is 1. The van der Waals surface area contributed by atoms with Crippen molar-refractivity contribution in [3.63, 3.8) is 0 Å². The number of piperidine rings is 1. The quantitative estimate of drug-likeness (QED) is 0.548. The normalized spacial score (nSPS) is 14.1. The maximum atomic E-state index is 14.0. The van der Waals surface area contributed by atoms with Gasteiger partial charge in [0, 0.05) is 37.8 Å². The van der Waals surface area contributed by atoms with Gasteiger partial charge in [-0.1, -0.05) is 35.4 Å². The molecule has 0 aliphatic carbocycles. The molecule has 2 aromatic carbocycles. The van der Waals surface area contributed by atoms with Gasteiger partial charge in [-0.2, -0.15) is 0 Å². The van der Waals surface area contributed by atoms with Gasteiger partial charge in [-0.15, -0.1) is 0 Å². The molecule has 1 fully saturated rings. The van der Waals surface area contributed by atoms with Gasteiger partial charge in [-0.05, 0) is 50.8 Å². The van der Waals surface area contributed by atoms with E-state index in [1.54, 1.807) is 18.0 Å². The molecule has 2 amide bonds. The summed E-state index contributed by atoms with van der Waals surface area (Å²) in [4.78, 5) is 36.3. The van der Waals surface area contributed by atoms with Crippen molar-refractivity contribution in [2.75, 3.05) is 13.1 Å². The molecule has 1 saturated heterocycles. The van der Waals surface area contributed by atoms with Crippen molar-refractivity contribution in [1.29, 1.82) is 0 Å². The van der Waals surface area contributed by atoms with Crippen LogP contribution in [0.25, 0.3) is 0 Å². The lowest BCUT2D eigenvalue weighted by Gasteiger charge is -2.32. The Bertz CT molecular complexity index is 1270. The molecule has 188 valence electrons. The topological polar surface area (TPSA) is 75.2 Å². The lowest BCUT2D eigenvalue weighted by Crippen LogP contribution is -2.39. The Balaban J connectivity index is 1.41. The molecular weight excluding hydrogens is 462 g/mol. The predicted octanol–water partition coefficient (Wildman–Crippen LogP) is 4.56. The molecule has 2 heterocycles. The van der Waals surface area contributed by atoms with E-state index in [1.165, 1.54) is 6.07 Å². The number of halogens is 2. The number of hydrogen-bond acceptors (Lipinski definition) is 4. The van der Waals surface area contributed by atoms with Gasteiger partial charge in [0.15, 0.2) is 0 Å². The summed E-state index contributed by atoms with van der Waals surface area (Å²) in [7, 11) is 0. The molecule has 6 nitrogen and oxygen atoms in total. The van der Waals surface area contributed by atoms with E-state index in [2.05, 4.69) is 21.4 Å². The average molecular weight is 493 g/mol. The van der Waals surface area contributed by atoms with E-state index >= 15 is 0 Å². The van der Waals surface area contributed by atoms with Gasteiger partial charge >= 0.3 is 0 Å². The van der Waals surface area contributed by atoms with Gasteiger partial charge in [-0.3, -0.25) is 9.59 Å². The molecule has 1 aliphatic rings. The van der Waals surface area contributed by atoms with Crippen LogP contribution in [0.5, 0.6) is 0 Å². The van der Waals surface area contributed by atoms with E-state index in [0.29, 0.717) is 49.6 Å². The van der Waals surface area contributed by atoms with Crippen LogP contribution in [0.2, 0.25) is 0 Å². The summed E-state index contributed by atoms with van der Waals surface area (Å²) in [5, 5.41) is 2.99. The summed E-state index contributed by atoms with van der Waals surface area (Å²) >= 11 is 0. The largest absolute Gasteiger partial charge is 0.348 e. The maximum Gasteiger partial charge on any atom is 0.254 e. The van der Waals surface area contributed by atoms with E-state index in [1.807, 2.05) is 26.0 Å². The van der Waals surface area contributed by atoms with Crippen molar-refractivity contribution in [1.82, 2.24) is 20.2 Å². The van der Waals surface area contributed by atoms with E-state index < -0.39 is 11.6 Å². The second-order valence-corrected chi connectivity index (χ2v) is 9.46. The minimum Gasteiger partial charge on any atom is -0.348 e. The van der Waals surface area contributed by atoms with Crippen LogP contribution in [0, 0.1) is 32.4 Å². The molecule has 0 saturated carbocycles. The molecule has 8 heteroatoms. The van der Waals surface area contributed by atoms with Crippen LogP contribution in [0.1, 0.15) is 62.9 Å². The van der Waals surface area contributed by atoms with E-state index in [0.717, 1.165) is 28.8 Å². The number of nitrogens with one attached hydrogen (secondary N) is 1. The SMILES string of the molecule is Cc1cc(C)cc(CNC(=O)c2cnc(C)nc2C2CCN(C(=O)Cc3ccc(F)cc3F)CC2)c1. The Labute approximate surface area is 209 Å². The summed E-state index contributed by atoms with van der Waals surface area (Å²) in [6.45, 7) is 7.19. The average Bonchev–Trinajstić information content (AvgIpc) is 2.83. The Morgan fingerprint density at radius 3 is 2.39 bits per heavy atom. The van der Waals surface area contributed by atoms with Gasteiger partial charge in [0.05, 0.1) is 17.7 Å². The lowest BCUT2D eigenvalue weighted by atomic mass is 9.90. The molecule has 0 bridgehead atoms. The number of carbonyl (C=O) groups excluding carboxylic acids is 2. The monoisotopic (exact) mass is 492 g/mol. The number of benzene rings is 2. The highest BCUT2D eigenvalue weighted by Crippen LogP contribution is 2.29. The molecular formula is C28H30F2N4O2. The fourth-order valence-electron chi connectivity index (χ4n) is 4.76. The van der Waals surface area contributed by atoms with Gasteiger partial charge in [0.2, 0.25) is 5.91 Å². The molecule has 0 atom stereocenters. The van der Waals surface area contributed by atoms with Crippen LogP contribution in [0.3, 0.4) is 0 Å². The first-order chi connectivity index (χ1) is 17.2. The van der Waals surface area contributed by atoms with E-state index in [4.69, 9.17) is 0 Å². The van der Waals surface area contributed by atoms with Crippen LogP contribution in [-0.2, 0) is 17.8 Å². The Hall–Kier alpha value is -3.68. The minimum atomic E-state index is -0.717. The smallest absolute Gasteiger partial charge is 0.254 e. The van der Waals surface area contributed by atoms with Crippen molar-refractivity contribution >= 4 is 11.8 Å². The number of carbonyl (C=O) groups is 2. The first kappa shape index (κ1) is 25.4. The highest BCUT2D eigenvalue weighted by Gasteiger charge is 2.28. The van der Waals surface area contributed by atoms with Gasteiger partial charge < -0.3 is 10.2 Å². The van der Waals surface area contributed by atoms with Gasteiger partial charge in [0.25, 0.3) is 5.91 Å². The highest BCUT2D eigenvalue weighted by atomic mass is 19.1. The zero-order valence-electron chi connectivity index (χ0n) is 20.8. The van der Waals surface area contributed by atoms with Crippen LogP contribution >= 0.6 is 0 Å². The zero-order valence-corrected chi connectivity index (χ0v) is 20.8. The molecule has 0 unspecified atom stereocenters. The van der Waals surface area contributed by atoms with Crippen LogP contribution < -0.4 is 5.32 Å². The summed E-state index contributed by atoms with van der Waals surface area (Å²) in [6.07, 6.45) is 2.72. The van der Waals surface area contributed by atoms with Gasteiger partial charge in [-0.25, -0.2) is 18.7 Å². The van der Waals surface area contributed by atoms with Crippen molar-refractivity contribution < 1.29 is 18.4 Å². The standard InChI is InChI=1S/C28H30F2N4O2/c1-17-10-18(2)12-20(11-17)15-32-28(36)24-16-31-19(3)33-27(24)21-6-8-34(9-7-21)26(35)13-22-4-5-23(29)14-25(22)30/h4-5,10-12,14,16,21H,6-9,13,15H2,1-3H3,(H,32,36). The molecule has 4 rings (SSSR count). The van der Waals surface area contributed by atoms with Gasteiger partial charge in [0.1, 0.15) is 17.5 Å². The third kappa shape index (κ3) is 6.11. The fraction of sp³-hybridized carbons (Fsp3) is 0.357. The fourth-order valence-corrected chi connectivity index (χ4v) is 4.76. The Morgan fingerprint density at radius 1 is 1.03 bits per heavy atom. The highest BCUT2D eigenvalue weighted by molar-refractivity contribution is 5.95. The van der Waals surface area contributed by atoms with Crippen molar-refractivity contribution in [3.05, 3.63) is 93.6 Å². The molecule has 3 aromatic rings. The number of aromatic nitrogens is 2. The Morgan fingerprint density at radius 2 is 1.72 bits per heavy atom. The van der Waals surface area contributed by atoms with Crippen LogP contribution in [-0.4, -0.2) is 39.8 Å². The van der Waals surface area contributed by atoms with E-state index in [9.17, 15) is 18.4 Å². The second kappa shape index (κ2) is 10.9. The summed E-state index contributed by atoms with van der Waals surface area (Å²) < 4.78 is 27.1. The molecule has 1 aromatic heterocycles. The van der Waals surface area contributed by atoms with Crippen molar-refractivity contribution in [2.24, 2.45) is 0 Å². The second-order valence-electron chi connectivity index (χ2n) is 9.46. The lowest BCUT2D eigenvalue weighted by molar-refractivity contribution is -0.131. The molecule has 0 radical (unpaired) electrons. The molecule has 1 N–H and O–H groups in total. The van der Waals surface area contributed by atoms with Crippen molar-refractivity contribution in [3.8, 4) is 0 Å². The van der Waals surface area contributed by atoms with E-state index in [-0.39, 0.29) is 29.7 Å². The third-order valence-electron chi connectivity index (χ3n) is 6.51. The molecule has 0 spiro atoms. The molecule has 36 heavy (non-hydrogen) atoms. The summed E-state index contributed by atoms with van der Waals surface area (Å²) in [6, 6.07) is 9.43. The van der Waals surface area contributed by atoms with Crippen LogP contribution in [0.4, 0.5) is 8.78 Å². The Kier molecular flexibility index (Phi) is 7.72. The molecule has 1 aliphatic heterocycles. The number of nitrogens with zero attached hydrogens (tertiary/aromatic N) is 3. The summed E-state index contributed by atoms with van der Waals surface area (Å²) in [5.74, 6) is -1.23. The first-order valence-corrected chi connectivity index (χ1v) is 12.1. The predicted molar refractivity (Wildman–Crippen MR) is 132 cm³/mol. The zero-order chi connectivity index (χ0) is 25.8.